The van der Waals surface area contributed by atoms with Crippen molar-refractivity contribution in [3.05, 3.63) is 59.2 Å². The van der Waals surface area contributed by atoms with Crippen LogP contribution in [0.4, 0.5) is 0 Å². The molecule has 0 N–H and O–H groups in total. The largest absolute Gasteiger partial charge is 0.465 e. The first-order valence-electron chi connectivity index (χ1n) is 5.90. The van der Waals surface area contributed by atoms with E-state index in [1.165, 1.54) is 7.11 Å². The molecule has 0 unspecified atom stereocenters. The average molecular weight is 254 g/mol. The van der Waals surface area contributed by atoms with Crippen LogP contribution >= 0.6 is 0 Å². The molecule has 0 bridgehead atoms. The van der Waals surface area contributed by atoms with Gasteiger partial charge in [0.05, 0.1) is 12.7 Å². The lowest BCUT2D eigenvalue weighted by molar-refractivity contribution is 0.0600. The molecule has 2 aromatic rings. The Kier molecular flexibility index (Phi) is 3.76. The van der Waals surface area contributed by atoms with Crippen LogP contribution in [0, 0.1) is 6.92 Å². The maximum absolute atomic E-state index is 11.7. The molecule has 96 valence electrons. The van der Waals surface area contributed by atoms with E-state index in [1.54, 1.807) is 18.2 Å². The number of carbonyl (C=O) groups is 2. The van der Waals surface area contributed by atoms with Gasteiger partial charge in [0.25, 0.3) is 0 Å². The van der Waals surface area contributed by atoms with Crippen molar-refractivity contribution < 1.29 is 14.3 Å². The molecule has 0 spiro atoms. The van der Waals surface area contributed by atoms with E-state index in [0.29, 0.717) is 11.1 Å². The van der Waals surface area contributed by atoms with Crippen LogP contribution in [0.5, 0.6) is 0 Å². The van der Waals surface area contributed by atoms with Gasteiger partial charge >= 0.3 is 5.97 Å². The summed E-state index contributed by atoms with van der Waals surface area (Å²) in [7, 11) is 1.36. The second kappa shape index (κ2) is 5.48. The van der Waals surface area contributed by atoms with Crippen molar-refractivity contribution in [3.63, 3.8) is 0 Å². The van der Waals surface area contributed by atoms with E-state index in [-0.39, 0.29) is 5.97 Å². The van der Waals surface area contributed by atoms with Crippen molar-refractivity contribution in [1.82, 2.24) is 0 Å². The highest BCUT2D eigenvalue weighted by molar-refractivity contribution is 5.92. The summed E-state index contributed by atoms with van der Waals surface area (Å²) < 4.78 is 4.76. The minimum atomic E-state index is -0.356. The molecule has 2 rings (SSSR count). The van der Waals surface area contributed by atoms with Gasteiger partial charge in [-0.1, -0.05) is 30.3 Å². The molecule has 2 aromatic carbocycles. The number of benzene rings is 2. The van der Waals surface area contributed by atoms with Gasteiger partial charge in [-0.15, -0.1) is 0 Å². The summed E-state index contributed by atoms with van der Waals surface area (Å²) in [6.45, 7) is 1.86. The van der Waals surface area contributed by atoms with Gasteiger partial charge in [-0.05, 0) is 35.7 Å². The summed E-state index contributed by atoms with van der Waals surface area (Å²) >= 11 is 0. The van der Waals surface area contributed by atoms with Gasteiger partial charge in [0.2, 0.25) is 0 Å². The second-order valence-electron chi connectivity index (χ2n) is 4.26. The minimum absolute atomic E-state index is 0.356. The number of esters is 1. The molecule has 0 saturated carbocycles. The summed E-state index contributed by atoms with van der Waals surface area (Å²) in [5.41, 5.74) is 3.79. The number of ether oxygens (including phenoxy) is 1. The summed E-state index contributed by atoms with van der Waals surface area (Å²) in [5, 5.41) is 0. The molecular weight excluding hydrogens is 240 g/mol. The minimum Gasteiger partial charge on any atom is -0.465 e. The Morgan fingerprint density at radius 2 is 1.84 bits per heavy atom. The number of hydrogen-bond acceptors (Lipinski definition) is 3. The molecule has 0 amide bonds. The van der Waals surface area contributed by atoms with E-state index in [2.05, 4.69) is 0 Å². The van der Waals surface area contributed by atoms with Gasteiger partial charge < -0.3 is 4.74 Å². The smallest absolute Gasteiger partial charge is 0.338 e. The van der Waals surface area contributed by atoms with Gasteiger partial charge in [-0.3, -0.25) is 4.79 Å². The van der Waals surface area contributed by atoms with Gasteiger partial charge in [-0.2, -0.15) is 0 Å². The number of carbonyl (C=O) groups excluding carboxylic acids is 2. The second-order valence-corrected chi connectivity index (χ2v) is 4.26. The third kappa shape index (κ3) is 2.71. The van der Waals surface area contributed by atoms with E-state index in [0.717, 1.165) is 23.0 Å². The van der Waals surface area contributed by atoms with Crippen molar-refractivity contribution in [3.8, 4) is 11.1 Å². The molecule has 0 radical (unpaired) electrons. The lowest BCUT2D eigenvalue weighted by Crippen LogP contribution is -2.03. The highest BCUT2D eigenvalue weighted by atomic mass is 16.5. The number of methoxy groups -OCH3 is 1. The Hall–Kier alpha value is -2.42. The SMILES string of the molecule is COC(=O)c1cc(-c2cccc(C=O)c2)ccc1C. The number of rotatable bonds is 3. The molecular formula is C16H14O3. The predicted octanol–water partition coefficient (Wildman–Crippen LogP) is 3.26. The first kappa shape index (κ1) is 13.0. The van der Waals surface area contributed by atoms with Crippen LogP contribution in [0.3, 0.4) is 0 Å². The molecule has 0 fully saturated rings. The molecule has 0 heterocycles. The third-order valence-corrected chi connectivity index (χ3v) is 3.00. The molecule has 3 heteroatoms. The van der Waals surface area contributed by atoms with Crippen molar-refractivity contribution >= 4 is 12.3 Å². The number of aryl methyl sites for hydroxylation is 1. The van der Waals surface area contributed by atoms with E-state index in [9.17, 15) is 9.59 Å². The van der Waals surface area contributed by atoms with E-state index in [4.69, 9.17) is 4.74 Å². The number of hydrogen-bond donors (Lipinski definition) is 0. The van der Waals surface area contributed by atoms with Crippen molar-refractivity contribution in [2.24, 2.45) is 0 Å². The molecule has 3 nitrogen and oxygen atoms in total. The van der Waals surface area contributed by atoms with Crippen molar-refractivity contribution in [2.75, 3.05) is 7.11 Å². The Morgan fingerprint density at radius 1 is 1.11 bits per heavy atom. The Labute approximate surface area is 111 Å². The fourth-order valence-corrected chi connectivity index (χ4v) is 1.92. The molecule has 0 aliphatic carbocycles. The topological polar surface area (TPSA) is 43.4 Å². The van der Waals surface area contributed by atoms with Gasteiger partial charge in [0.1, 0.15) is 6.29 Å². The highest BCUT2D eigenvalue weighted by Crippen LogP contribution is 2.23. The lowest BCUT2D eigenvalue weighted by atomic mass is 9.98. The van der Waals surface area contributed by atoms with E-state index >= 15 is 0 Å². The Morgan fingerprint density at radius 3 is 2.53 bits per heavy atom. The summed E-state index contributed by atoms with van der Waals surface area (Å²) in [6.07, 6.45) is 0.804. The summed E-state index contributed by atoms with van der Waals surface area (Å²) in [6, 6.07) is 12.8. The molecule has 0 aliphatic rings. The van der Waals surface area contributed by atoms with Crippen LogP contribution in [0.15, 0.2) is 42.5 Å². The molecule has 0 saturated heterocycles. The summed E-state index contributed by atoms with van der Waals surface area (Å²) in [4.78, 5) is 22.5. The number of aldehydes is 1. The fourth-order valence-electron chi connectivity index (χ4n) is 1.92. The maximum Gasteiger partial charge on any atom is 0.338 e. The average Bonchev–Trinajstić information content (AvgIpc) is 2.47. The van der Waals surface area contributed by atoms with Gasteiger partial charge in [0.15, 0.2) is 0 Å². The van der Waals surface area contributed by atoms with Crippen LogP contribution < -0.4 is 0 Å². The van der Waals surface area contributed by atoms with E-state index < -0.39 is 0 Å². The molecule has 0 aliphatic heterocycles. The van der Waals surface area contributed by atoms with Crippen LogP contribution in [0.1, 0.15) is 26.3 Å². The normalized spacial score (nSPS) is 10.0. The van der Waals surface area contributed by atoms with Crippen molar-refractivity contribution in [1.29, 1.82) is 0 Å². The van der Waals surface area contributed by atoms with Gasteiger partial charge in [0, 0.05) is 5.56 Å². The van der Waals surface area contributed by atoms with Gasteiger partial charge in [-0.25, -0.2) is 4.79 Å². The van der Waals surface area contributed by atoms with Crippen LogP contribution in [0.25, 0.3) is 11.1 Å². The zero-order valence-corrected chi connectivity index (χ0v) is 10.8. The van der Waals surface area contributed by atoms with E-state index in [1.807, 2.05) is 31.2 Å². The zero-order valence-electron chi connectivity index (χ0n) is 10.8. The Bertz CT molecular complexity index is 630. The standard InChI is InChI=1S/C16H14O3/c1-11-6-7-14(9-15(11)16(18)19-2)13-5-3-4-12(8-13)10-17/h3-10H,1-2H3. The van der Waals surface area contributed by atoms with Crippen LogP contribution in [-0.4, -0.2) is 19.4 Å². The fraction of sp³-hybridized carbons (Fsp3) is 0.125. The Balaban J connectivity index is 2.50. The molecule has 0 atom stereocenters. The zero-order chi connectivity index (χ0) is 13.8. The molecule has 0 aromatic heterocycles. The van der Waals surface area contributed by atoms with Crippen LogP contribution in [0.2, 0.25) is 0 Å². The quantitative estimate of drug-likeness (QED) is 0.623. The van der Waals surface area contributed by atoms with Crippen LogP contribution in [-0.2, 0) is 4.74 Å². The van der Waals surface area contributed by atoms with Crippen molar-refractivity contribution in [2.45, 2.75) is 6.92 Å². The molecule has 19 heavy (non-hydrogen) atoms. The maximum atomic E-state index is 11.7. The first-order chi connectivity index (χ1) is 9.15. The first-order valence-corrected chi connectivity index (χ1v) is 5.90. The monoisotopic (exact) mass is 254 g/mol. The summed E-state index contributed by atoms with van der Waals surface area (Å²) in [5.74, 6) is -0.356. The highest BCUT2D eigenvalue weighted by Gasteiger charge is 2.10. The lowest BCUT2D eigenvalue weighted by Gasteiger charge is -2.08. The predicted molar refractivity (Wildman–Crippen MR) is 73.3 cm³/mol. The third-order valence-electron chi connectivity index (χ3n) is 3.00.